The molecule has 0 saturated carbocycles. The highest BCUT2D eigenvalue weighted by Gasteiger charge is 2.53. The van der Waals surface area contributed by atoms with Crippen LogP contribution in [0.3, 0.4) is 0 Å². The van der Waals surface area contributed by atoms with Crippen molar-refractivity contribution in [2.45, 2.75) is 62.6 Å². The number of anilines is 1. The number of aryl methyl sites for hydroxylation is 1. The number of nitrogens with zero attached hydrogens (tertiary/aromatic N) is 8. The molecule has 296 valence electrons. The summed E-state index contributed by atoms with van der Waals surface area (Å²) in [5.41, 5.74) is 2.01. The van der Waals surface area contributed by atoms with Crippen LogP contribution >= 0.6 is 16.1 Å². The number of aliphatic hydroxyl groups is 1. The Bertz CT molecular complexity index is 2320. The van der Waals surface area contributed by atoms with E-state index in [4.69, 9.17) is 32.8 Å². The predicted molar refractivity (Wildman–Crippen MR) is 187 cm³/mol. The van der Waals surface area contributed by atoms with Gasteiger partial charge in [0.25, 0.3) is 5.91 Å². The van der Waals surface area contributed by atoms with Crippen LogP contribution in [-0.2, 0) is 36.7 Å². The first-order valence-corrected chi connectivity index (χ1v) is 19.6. The number of fused-ring (bicyclic) bond motifs is 2. The number of hydrogen-bond acceptors (Lipinski definition) is 16. The molecule has 2 aliphatic heterocycles. The molecule has 56 heavy (non-hydrogen) atoms. The second-order valence-corrected chi connectivity index (χ2v) is 14.8. The summed E-state index contributed by atoms with van der Waals surface area (Å²) in [4.78, 5) is 34.9. The summed E-state index contributed by atoms with van der Waals surface area (Å²) >= 11 is 0. The van der Waals surface area contributed by atoms with Crippen LogP contribution < -0.4 is 5.32 Å². The summed E-state index contributed by atoms with van der Waals surface area (Å²) in [5, 5.41) is 29.9. The van der Waals surface area contributed by atoms with Crippen molar-refractivity contribution in [1.29, 1.82) is 5.26 Å². The molecule has 0 aliphatic carbocycles. The molecular weight excluding hydrogens is 786 g/mol. The highest BCUT2D eigenvalue weighted by atomic mass is 31.2. The van der Waals surface area contributed by atoms with Crippen LogP contribution in [0, 0.1) is 18.3 Å². The summed E-state index contributed by atoms with van der Waals surface area (Å²) in [6.07, 6.45) is -12.1. The molecule has 20 nitrogen and oxygen atoms in total. The Hall–Kier alpha value is -4.65. The quantitative estimate of drug-likeness (QED) is 0.101. The number of halogens is 2. The molecule has 7 rings (SSSR count). The number of amides is 1. The fourth-order valence-corrected chi connectivity index (χ4v) is 8.18. The zero-order valence-electron chi connectivity index (χ0n) is 29.1. The summed E-state index contributed by atoms with van der Waals surface area (Å²) in [7, 11) is -8.75. The van der Waals surface area contributed by atoms with Crippen LogP contribution in [0.1, 0.15) is 34.8 Å². The summed E-state index contributed by atoms with van der Waals surface area (Å²) in [5.74, 6) is -0.511. The molecule has 24 heteroatoms. The summed E-state index contributed by atoms with van der Waals surface area (Å²) in [6.45, 7) is -0.424. The molecule has 10 atom stereocenters. The molecule has 2 fully saturated rings. The van der Waals surface area contributed by atoms with Crippen molar-refractivity contribution < 1.29 is 60.3 Å². The standard InChI is InChI=1S/C32H33F2N9O11P2/c1-17-7-5-10-19-24(17)40-41-43(19)32-23(34)27(20(13-44)51-32)54-56(48,49-12-6-11-35)50-14-21-26(53-55(46)47)22(33)31(52-21)42-16-38-25-28(36-15-37-29(25)42)39-30(45)18-8-3-2-4-9-18/h2-5,7-10,15-16,20-23,26-27,31-32,44,55H,6,12-14H2,1H3,(H,46,47)(H,36,37,39,45)/t20-,21-,22-,23-,26-,27-,31-,32-,56?/m1/s1. The lowest BCUT2D eigenvalue weighted by Crippen LogP contribution is -2.35. The monoisotopic (exact) mass is 819 g/mol. The molecule has 2 aliphatic rings. The van der Waals surface area contributed by atoms with Gasteiger partial charge in [0.05, 0.1) is 44.2 Å². The zero-order valence-corrected chi connectivity index (χ0v) is 31.0. The first-order valence-electron chi connectivity index (χ1n) is 16.9. The van der Waals surface area contributed by atoms with E-state index in [1.807, 2.05) is 0 Å². The van der Waals surface area contributed by atoms with Crippen LogP contribution in [0.25, 0.3) is 22.2 Å². The van der Waals surface area contributed by atoms with E-state index in [9.17, 15) is 23.9 Å². The summed E-state index contributed by atoms with van der Waals surface area (Å²) < 4.78 is 93.6. The molecule has 2 saturated heterocycles. The molecule has 0 radical (unpaired) electrons. The Kier molecular flexibility index (Phi) is 11.9. The van der Waals surface area contributed by atoms with Gasteiger partial charge in [0, 0.05) is 5.56 Å². The van der Waals surface area contributed by atoms with Crippen LogP contribution in [0.2, 0.25) is 0 Å². The molecule has 2 aromatic carbocycles. The molecule has 0 spiro atoms. The zero-order chi connectivity index (χ0) is 39.6. The molecule has 0 bridgehead atoms. The van der Waals surface area contributed by atoms with Gasteiger partial charge in [-0.3, -0.25) is 27.5 Å². The van der Waals surface area contributed by atoms with Gasteiger partial charge < -0.3 is 29.3 Å². The highest BCUT2D eigenvalue weighted by molar-refractivity contribution is 7.48. The van der Waals surface area contributed by atoms with Gasteiger partial charge in [0.2, 0.25) is 0 Å². The number of benzene rings is 2. The second kappa shape index (κ2) is 16.8. The number of alkyl halides is 2. The van der Waals surface area contributed by atoms with Crippen molar-refractivity contribution in [1.82, 2.24) is 34.5 Å². The Morgan fingerprint density at radius 1 is 1.04 bits per heavy atom. The van der Waals surface area contributed by atoms with E-state index >= 15 is 8.78 Å². The van der Waals surface area contributed by atoms with Crippen molar-refractivity contribution in [2.75, 3.05) is 25.1 Å². The topological polar surface area (TPSA) is 257 Å². The largest absolute Gasteiger partial charge is 0.475 e. The van der Waals surface area contributed by atoms with Crippen molar-refractivity contribution in [3.8, 4) is 6.07 Å². The number of nitriles is 1. The lowest BCUT2D eigenvalue weighted by atomic mass is 10.1. The molecule has 2 unspecified atom stereocenters. The number of carbonyl (C=O) groups excluding carboxylic acids is 1. The minimum atomic E-state index is -4.94. The number of carbonyl (C=O) groups is 1. The fourth-order valence-electron chi connectivity index (χ4n) is 6.28. The van der Waals surface area contributed by atoms with Gasteiger partial charge in [-0.1, -0.05) is 35.5 Å². The van der Waals surface area contributed by atoms with Crippen LogP contribution in [-0.4, -0.2) is 107 Å². The maximum absolute atomic E-state index is 16.2. The van der Waals surface area contributed by atoms with E-state index in [2.05, 4.69) is 30.6 Å². The van der Waals surface area contributed by atoms with E-state index in [1.165, 1.54) is 0 Å². The Balaban J connectivity index is 1.11. The van der Waals surface area contributed by atoms with Gasteiger partial charge >= 0.3 is 16.1 Å². The van der Waals surface area contributed by atoms with Gasteiger partial charge in [-0.2, -0.15) is 5.26 Å². The maximum Gasteiger partial charge on any atom is 0.475 e. The Labute approximate surface area is 315 Å². The second-order valence-electron chi connectivity index (χ2n) is 12.4. The van der Waals surface area contributed by atoms with Crippen LogP contribution in [0.5, 0.6) is 0 Å². The van der Waals surface area contributed by atoms with E-state index in [1.54, 1.807) is 61.5 Å². The molecule has 5 heterocycles. The number of aliphatic hydroxyl groups excluding tert-OH is 1. The Morgan fingerprint density at radius 3 is 2.55 bits per heavy atom. The number of phosphoric acid groups is 1. The predicted octanol–water partition coefficient (Wildman–Crippen LogP) is 3.50. The molecule has 3 N–H and O–H groups in total. The number of nitrogens with one attached hydrogen (secondary N) is 1. The fraction of sp³-hybridized carbons (Fsp3) is 0.406. The van der Waals surface area contributed by atoms with Crippen molar-refractivity contribution in [2.24, 2.45) is 0 Å². The van der Waals surface area contributed by atoms with E-state index in [-0.39, 0.29) is 23.4 Å². The molecular formula is C32H33F2N9O11P2. The number of imidazole rings is 1. The molecule has 5 aromatic rings. The maximum atomic E-state index is 16.2. The SMILES string of the molecule is Cc1cccc2c1nnn2[C@@H]1O[C@H](CO)[C@@H](OP(=O)(OCCC#N)OC[C@H]2O[C@@H](n3cnc4c(NC(=O)c5ccccc5)ncnc43)[C@H](F)[C@@H]2O[PH](=O)O)[C@H]1F. The van der Waals surface area contributed by atoms with Gasteiger partial charge in [0.15, 0.2) is 41.8 Å². The highest BCUT2D eigenvalue weighted by Crippen LogP contribution is 2.54. The lowest BCUT2D eigenvalue weighted by Gasteiger charge is -2.26. The summed E-state index contributed by atoms with van der Waals surface area (Å²) in [6, 6.07) is 15.2. The van der Waals surface area contributed by atoms with Gasteiger partial charge in [-0.15, -0.1) is 5.10 Å². The number of hydrogen-bond donors (Lipinski definition) is 3. The smallest absolute Gasteiger partial charge is 0.394 e. The number of aromatic nitrogens is 7. The van der Waals surface area contributed by atoms with Crippen molar-refractivity contribution in [3.63, 3.8) is 0 Å². The first-order chi connectivity index (χ1) is 27.0. The normalized spacial score (nSPS) is 26.6. The van der Waals surface area contributed by atoms with Gasteiger partial charge in [-0.25, -0.2) is 33.0 Å². The van der Waals surface area contributed by atoms with Crippen molar-refractivity contribution >= 4 is 50.0 Å². The van der Waals surface area contributed by atoms with E-state index in [0.29, 0.717) is 16.6 Å². The third-order valence-corrected chi connectivity index (χ3v) is 10.8. The van der Waals surface area contributed by atoms with Crippen molar-refractivity contribution in [3.05, 3.63) is 72.3 Å². The van der Waals surface area contributed by atoms with E-state index < -0.39 is 91.0 Å². The average Bonchev–Trinajstić information content (AvgIpc) is 3.96. The number of rotatable bonds is 15. The number of ether oxygens (including phenoxy) is 2. The minimum Gasteiger partial charge on any atom is -0.394 e. The number of phosphoric ester groups is 1. The van der Waals surface area contributed by atoms with Gasteiger partial charge in [0.1, 0.15) is 36.3 Å². The van der Waals surface area contributed by atoms with Gasteiger partial charge in [-0.05, 0) is 30.7 Å². The molecule has 1 amide bonds. The van der Waals surface area contributed by atoms with E-state index in [0.717, 1.165) is 27.5 Å². The molecule has 3 aromatic heterocycles. The van der Waals surface area contributed by atoms with Crippen LogP contribution in [0.4, 0.5) is 14.6 Å². The average molecular weight is 820 g/mol. The lowest BCUT2D eigenvalue weighted by molar-refractivity contribution is -0.0592. The van der Waals surface area contributed by atoms with Crippen LogP contribution in [0.15, 0.2) is 61.2 Å². The Morgan fingerprint density at radius 2 is 1.80 bits per heavy atom. The third kappa shape index (κ3) is 7.97. The first kappa shape index (κ1) is 39.6. The third-order valence-electron chi connectivity index (χ3n) is 8.91. The minimum absolute atomic E-state index is 0.00281.